The van der Waals surface area contributed by atoms with Gasteiger partial charge in [0.1, 0.15) is 0 Å². The van der Waals surface area contributed by atoms with Crippen LogP contribution in [0.5, 0.6) is 0 Å². The summed E-state index contributed by atoms with van der Waals surface area (Å²) in [7, 11) is 0. The van der Waals surface area contributed by atoms with Crippen LogP contribution in [0.2, 0.25) is 0 Å². The van der Waals surface area contributed by atoms with Crippen LogP contribution in [0, 0.1) is 6.92 Å². The van der Waals surface area contributed by atoms with Gasteiger partial charge in [-0.3, -0.25) is 9.55 Å². The van der Waals surface area contributed by atoms with E-state index in [-0.39, 0.29) is 0 Å². The lowest BCUT2D eigenvalue weighted by Crippen LogP contribution is -2.23. The molecule has 0 saturated carbocycles. The highest BCUT2D eigenvalue weighted by molar-refractivity contribution is 5.94. The van der Waals surface area contributed by atoms with Gasteiger partial charge in [0.25, 0.3) is 0 Å². The Morgan fingerprint density at radius 3 is 2.76 bits per heavy atom. The third-order valence-corrected chi connectivity index (χ3v) is 4.24. The number of rotatable bonds is 6. The normalized spacial score (nSPS) is 12.7. The predicted molar refractivity (Wildman–Crippen MR) is 86.6 cm³/mol. The quantitative estimate of drug-likeness (QED) is 0.803. The number of fused-ring (bicyclic) bond motifs is 1. The van der Waals surface area contributed by atoms with E-state index in [1.165, 1.54) is 25.7 Å². The van der Waals surface area contributed by atoms with Crippen molar-refractivity contribution in [2.75, 3.05) is 0 Å². The van der Waals surface area contributed by atoms with Gasteiger partial charge in [0.05, 0.1) is 0 Å². The zero-order valence-corrected chi connectivity index (χ0v) is 13.2. The first-order chi connectivity index (χ1) is 10.1. The van der Waals surface area contributed by atoms with Crippen molar-refractivity contribution < 1.29 is 4.79 Å². The van der Waals surface area contributed by atoms with E-state index in [2.05, 4.69) is 18.8 Å². The van der Waals surface area contributed by atoms with Crippen LogP contribution in [-0.2, 0) is 0 Å². The first kappa shape index (κ1) is 15.5. The number of hydrogen-bond donors (Lipinski definition) is 1. The molecule has 21 heavy (non-hydrogen) atoms. The van der Waals surface area contributed by atoms with Gasteiger partial charge in [0, 0.05) is 34.6 Å². The molecule has 0 aliphatic rings. The van der Waals surface area contributed by atoms with Crippen LogP contribution in [0.1, 0.15) is 63.3 Å². The van der Waals surface area contributed by atoms with Gasteiger partial charge in [0.15, 0.2) is 0 Å². The first-order valence-corrected chi connectivity index (χ1v) is 7.82. The van der Waals surface area contributed by atoms with Gasteiger partial charge in [-0.15, -0.1) is 0 Å². The summed E-state index contributed by atoms with van der Waals surface area (Å²) >= 11 is 0. The second-order valence-corrected chi connectivity index (χ2v) is 5.82. The molecule has 1 amide bonds. The smallest absolute Gasteiger partial charge is 0.323 e. The Balaban J connectivity index is 2.37. The maximum absolute atomic E-state index is 11.9. The van der Waals surface area contributed by atoms with Crippen LogP contribution in [-0.4, -0.2) is 15.6 Å². The first-order valence-electron chi connectivity index (χ1n) is 7.82. The number of aromatic nitrogens is 2. The Labute approximate surface area is 126 Å². The van der Waals surface area contributed by atoms with Crippen LogP contribution in [0.15, 0.2) is 18.5 Å². The second kappa shape index (κ2) is 6.74. The Morgan fingerprint density at radius 1 is 1.33 bits per heavy atom. The number of pyridine rings is 1. The molecule has 2 heterocycles. The van der Waals surface area contributed by atoms with Crippen molar-refractivity contribution >= 4 is 16.8 Å². The van der Waals surface area contributed by atoms with Crippen LogP contribution < -0.4 is 5.73 Å². The molecule has 0 aromatic carbocycles. The van der Waals surface area contributed by atoms with Crippen LogP contribution >= 0.6 is 0 Å². The predicted octanol–water partition coefficient (Wildman–Crippen LogP) is 4.35. The molecule has 0 aliphatic heterocycles. The molecule has 2 rings (SSSR count). The number of primary amides is 1. The van der Waals surface area contributed by atoms with Gasteiger partial charge in [0.2, 0.25) is 0 Å². The Bertz CT molecular complexity index is 630. The molecule has 2 aromatic heterocycles. The number of carbonyl (C=O) groups is 1. The van der Waals surface area contributed by atoms with E-state index in [1.807, 2.05) is 19.2 Å². The molecular formula is C17H25N3O. The van der Waals surface area contributed by atoms with Gasteiger partial charge in [-0.2, -0.15) is 0 Å². The van der Waals surface area contributed by atoms with Crippen molar-refractivity contribution in [3.05, 3.63) is 29.8 Å². The highest BCUT2D eigenvalue weighted by Crippen LogP contribution is 2.32. The number of nitrogens with two attached hydrogens (primary N) is 1. The molecule has 1 atom stereocenters. The molecule has 0 spiro atoms. The summed E-state index contributed by atoms with van der Waals surface area (Å²) in [6.07, 6.45) is 9.60. The summed E-state index contributed by atoms with van der Waals surface area (Å²) < 4.78 is 1.66. The largest absolute Gasteiger partial charge is 0.351 e. The average molecular weight is 287 g/mol. The third kappa shape index (κ3) is 3.09. The summed E-state index contributed by atoms with van der Waals surface area (Å²) in [5, 5.41) is 2.12. The molecule has 4 nitrogen and oxygen atoms in total. The Morgan fingerprint density at radius 2 is 2.10 bits per heavy atom. The summed E-state index contributed by atoms with van der Waals surface area (Å²) in [6, 6.07) is 1.55. The highest BCUT2D eigenvalue weighted by Gasteiger charge is 2.21. The average Bonchev–Trinajstić information content (AvgIpc) is 2.77. The van der Waals surface area contributed by atoms with Crippen molar-refractivity contribution in [1.29, 1.82) is 0 Å². The van der Waals surface area contributed by atoms with Crippen molar-refractivity contribution in [1.82, 2.24) is 9.55 Å². The topological polar surface area (TPSA) is 60.9 Å². The van der Waals surface area contributed by atoms with Crippen LogP contribution in [0.25, 0.3) is 10.8 Å². The number of aryl methyl sites for hydroxylation is 1. The van der Waals surface area contributed by atoms with Gasteiger partial charge in [-0.05, 0) is 25.3 Å². The van der Waals surface area contributed by atoms with E-state index in [9.17, 15) is 4.79 Å². The van der Waals surface area contributed by atoms with Gasteiger partial charge >= 0.3 is 6.03 Å². The summed E-state index contributed by atoms with van der Waals surface area (Å²) in [5.41, 5.74) is 7.52. The zero-order chi connectivity index (χ0) is 15.4. The van der Waals surface area contributed by atoms with Crippen molar-refractivity contribution in [3.63, 3.8) is 0 Å². The number of hydrogen-bond acceptors (Lipinski definition) is 2. The number of carbonyl (C=O) groups excluding carboxylic acids is 1. The fraction of sp³-hybridized carbons (Fsp3) is 0.529. The minimum atomic E-state index is -0.404. The SMILES string of the molecule is CCCCCCC(C)c1c2cnccc2c(C)n1C(N)=O. The molecule has 0 radical (unpaired) electrons. The number of unbranched alkanes of at least 4 members (excludes halogenated alkanes) is 3. The third-order valence-electron chi connectivity index (χ3n) is 4.24. The fourth-order valence-corrected chi connectivity index (χ4v) is 3.12. The highest BCUT2D eigenvalue weighted by atomic mass is 16.2. The zero-order valence-electron chi connectivity index (χ0n) is 13.2. The van der Waals surface area contributed by atoms with E-state index >= 15 is 0 Å². The molecule has 2 aromatic rings. The lowest BCUT2D eigenvalue weighted by molar-refractivity contribution is 0.249. The molecular weight excluding hydrogens is 262 g/mol. The molecule has 0 bridgehead atoms. The van der Waals surface area contributed by atoms with Crippen molar-refractivity contribution in [3.8, 4) is 0 Å². The lowest BCUT2D eigenvalue weighted by atomic mass is 9.97. The van der Waals surface area contributed by atoms with Crippen LogP contribution in [0.4, 0.5) is 4.79 Å². The standard InChI is InChI=1S/C17H25N3O/c1-4-5-6-7-8-12(2)16-15-11-19-10-9-14(15)13(3)20(16)17(18)21/h9-12H,4-8H2,1-3H3,(H2,18,21). The molecule has 2 N–H and O–H groups in total. The summed E-state index contributed by atoms with van der Waals surface area (Å²) in [6.45, 7) is 6.33. The minimum absolute atomic E-state index is 0.301. The molecule has 4 heteroatoms. The Hall–Kier alpha value is -1.84. The molecule has 0 aliphatic carbocycles. The van der Waals surface area contributed by atoms with E-state index in [0.29, 0.717) is 5.92 Å². The minimum Gasteiger partial charge on any atom is -0.351 e. The second-order valence-electron chi connectivity index (χ2n) is 5.82. The Kier molecular flexibility index (Phi) is 4.99. The van der Waals surface area contributed by atoms with E-state index in [1.54, 1.807) is 10.8 Å². The molecule has 1 unspecified atom stereocenters. The summed E-state index contributed by atoms with van der Waals surface area (Å²) in [4.78, 5) is 16.1. The van der Waals surface area contributed by atoms with Gasteiger partial charge in [-0.1, -0.05) is 39.5 Å². The van der Waals surface area contributed by atoms with Crippen LogP contribution in [0.3, 0.4) is 0 Å². The summed E-state index contributed by atoms with van der Waals surface area (Å²) in [5.74, 6) is 0.301. The molecule has 0 saturated heterocycles. The van der Waals surface area contributed by atoms with Crippen molar-refractivity contribution in [2.45, 2.75) is 58.8 Å². The maximum atomic E-state index is 11.9. The lowest BCUT2D eigenvalue weighted by Gasteiger charge is -2.15. The number of amides is 1. The van der Waals surface area contributed by atoms with Crippen molar-refractivity contribution in [2.24, 2.45) is 5.73 Å². The van der Waals surface area contributed by atoms with E-state index in [0.717, 1.165) is 28.6 Å². The number of nitrogens with zero attached hydrogens (tertiary/aromatic N) is 2. The van der Waals surface area contributed by atoms with E-state index < -0.39 is 6.03 Å². The van der Waals surface area contributed by atoms with Gasteiger partial charge in [-0.25, -0.2) is 4.79 Å². The monoisotopic (exact) mass is 287 g/mol. The van der Waals surface area contributed by atoms with Gasteiger partial charge < -0.3 is 5.73 Å². The van der Waals surface area contributed by atoms with E-state index in [4.69, 9.17) is 5.73 Å². The fourth-order valence-electron chi connectivity index (χ4n) is 3.12. The molecule has 114 valence electrons. The maximum Gasteiger partial charge on any atom is 0.323 e. The molecule has 0 fully saturated rings.